The number of benzene rings is 6. The lowest BCUT2D eigenvalue weighted by molar-refractivity contribution is -0.293. The lowest BCUT2D eigenvalue weighted by atomic mass is 9.52. The molecule has 0 heterocycles. The normalized spacial score (nSPS) is 18.4. The lowest BCUT2D eigenvalue weighted by Gasteiger charge is -2.60. The lowest BCUT2D eigenvalue weighted by Crippen LogP contribution is -2.91. The number of aryl methyl sites for hydroxylation is 6. The van der Waals surface area contributed by atoms with Crippen molar-refractivity contribution in [2.24, 2.45) is 0 Å². The predicted molar refractivity (Wildman–Crippen MR) is 437 cm³/mol. The summed E-state index contributed by atoms with van der Waals surface area (Å²) < 4.78 is 20.9. The Hall–Kier alpha value is -7.38. The van der Waals surface area contributed by atoms with E-state index in [1.807, 2.05) is 0 Å². The maximum absolute atomic E-state index is 17.9. The van der Waals surface area contributed by atoms with E-state index in [9.17, 15) is 15.3 Å². The number of aliphatic hydroxyl groups is 3. The molecule has 0 amide bonds. The maximum Gasteiger partial charge on any atom is 0.339 e. The summed E-state index contributed by atoms with van der Waals surface area (Å²) in [5.74, 6) is -8.34. The van der Waals surface area contributed by atoms with Crippen LogP contribution in [0.3, 0.4) is 0 Å². The summed E-state index contributed by atoms with van der Waals surface area (Å²) in [5.41, 5.74) is -8.09. The highest BCUT2D eigenvalue weighted by Crippen LogP contribution is 2.56. The summed E-state index contributed by atoms with van der Waals surface area (Å²) in [7, 11) is 0. The van der Waals surface area contributed by atoms with Gasteiger partial charge in [-0.1, -0.05) is 343 Å². The van der Waals surface area contributed by atoms with Gasteiger partial charge in [-0.3, -0.25) is 14.4 Å². The van der Waals surface area contributed by atoms with Crippen molar-refractivity contribution in [1.29, 1.82) is 0 Å². The monoisotopic (exact) mass is 1480 g/mol. The van der Waals surface area contributed by atoms with Gasteiger partial charge in [0, 0.05) is 16.7 Å². The number of aliphatic hydroxyl groups excluding tert-OH is 3. The summed E-state index contributed by atoms with van der Waals surface area (Å²) in [4.78, 5) is 102. The fraction of sp³-hybridized carbons (Fsp3) is 0.562. The largest absolute Gasteiger partial charge is 0.439 e. The average molecular weight is 1480 g/mol. The Bertz CT molecular complexity index is 3430. The molecule has 1 aliphatic carbocycles. The van der Waals surface area contributed by atoms with Gasteiger partial charge in [0.1, 0.15) is 18.3 Å². The molecule has 0 bridgehead atoms. The molecule has 0 spiro atoms. The minimum absolute atomic E-state index is 0.181. The van der Waals surface area contributed by atoms with Crippen LogP contribution >= 0.6 is 0 Å². The number of hydrogen-bond acceptors (Lipinski definition) is 12. The van der Waals surface area contributed by atoms with Crippen LogP contribution in [0.4, 0.5) is 0 Å². The first-order valence-electron chi connectivity index (χ1n) is 42.5. The molecule has 12 nitrogen and oxygen atoms in total. The molecule has 1 aliphatic rings. The second-order valence-corrected chi connectivity index (χ2v) is 31.0. The van der Waals surface area contributed by atoms with Crippen LogP contribution in [-0.2, 0) is 52.7 Å². The first-order valence-corrected chi connectivity index (χ1v) is 42.5. The van der Waals surface area contributed by atoms with Gasteiger partial charge in [-0.25, -0.2) is 14.4 Å². The van der Waals surface area contributed by atoms with Gasteiger partial charge in [0.15, 0.2) is 0 Å². The Morgan fingerprint density at radius 2 is 0.417 bits per heavy atom. The second kappa shape index (κ2) is 47.6. The van der Waals surface area contributed by atoms with E-state index < -0.39 is 70.4 Å². The van der Waals surface area contributed by atoms with E-state index in [4.69, 9.17) is 14.2 Å². The zero-order valence-corrected chi connectivity index (χ0v) is 66.8. The number of esters is 3. The van der Waals surface area contributed by atoms with E-state index in [0.29, 0.717) is 38.5 Å². The van der Waals surface area contributed by atoms with Crippen LogP contribution < -0.4 is 0 Å². The highest BCUT2D eigenvalue weighted by Gasteiger charge is 2.88. The van der Waals surface area contributed by atoms with Gasteiger partial charge in [-0.2, -0.15) is 0 Å². The van der Waals surface area contributed by atoms with Gasteiger partial charge in [0.25, 0.3) is 16.8 Å². The van der Waals surface area contributed by atoms with Crippen molar-refractivity contribution in [2.75, 3.05) is 0 Å². The fourth-order valence-corrected chi connectivity index (χ4v) is 15.6. The average Bonchev–Trinajstić information content (AvgIpc) is 0.659. The first-order chi connectivity index (χ1) is 52.6. The van der Waals surface area contributed by atoms with Crippen molar-refractivity contribution in [2.45, 2.75) is 346 Å². The third kappa shape index (κ3) is 24.6. The second-order valence-electron chi connectivity index (χ2n) is 31.0. The highest BCUT2D eigenvalue weighted by molar-refractivity contribution is 6.21. The van der Waals surface area contributed by atoms with E-state index in [1.54, 1.807) is 72.8 Å². The minimum atomic E-state index is -4.02. The third-order valence-electron chi connectivity index (χ3n) is 22.4. The van der Waals surface area contributed by atoms with Gasteiger partial charge in [-0.05, 0) is 147 Å². The fourth-order valence-electron chi connectivity index (χ4n) is 15.6. The number of ketones is 3. The van der Waals surface area contributed by atoms with Crippen molar-refractivity contribution in [3.8, 4) is 0 Å². The SMILES string of the molecule is CCCCCCCCc1ccc(C(=O)OC2(C(=O)c3ccc(CCCCCCCC)cc3)[C@@](OC(=O)c3ccc(CCCCCCCC)cc3)(C(=O)c3ccc(CCCCCCCC)cc3)[C@@H](O)C(O)[C@@H](O)[C@@]2(OC(=O)c2ccc(CCCCCCCC)cc2)C(=O)c2ccc(CCCCCCCC)cc2)cc1. The maximum atomic E-state index is 17.9. The van der Waals surface area contributed by atoms with Gasteiger partial charge in [-0.15, -0.1) is 0 Å². The first kappa shape index (κ1) is 87.8. The number of Topliss-reactive ketones (excluding diaryl/α,β-unsaturated/α-hetero) is 3. The number of rotatable bonds is 54. The van der Waals surface area contributed by atoms with Crippen LogP contribution in [0.5, 0.6) is 0 Å². The Kier molecular flexibility index (Phi) is 38.7. The van der Waals surface area contributed by atoms with Crippen LogP contribution in [0.2, 0.25) is 0 Å². The molecule has 108 heavy (non-hydrogen) atoms. The molecule has 6 atom stereocenters. The summed E-state index contributed by atoms with van der Waals surface area (Å²) in [6.07, 6.45) is 32.7. The van der Waals surface area contributed by atoms with E-state index >= 15 is 28.8 Å². The molecule has 0 radical (unpaired) electrons. The molecule has 1 fully saturated rings. The molecule has 588 valence electrons. The Labute approximate surface area is 648 Å². The summed E-state index contributed by atoms with van der Waals surface area (Å²) in [6.45, 7) is 13.0. The van der Waals surface area contributed by atoms with Crippen LogP contribution in [0, 0.1) is 0 Å². The predicted octanol–water partition coefficient (Wildman–Crippen LogP) is 22.9. The van der Waals surface area contributed by atoms with Gasteiger partial charge in [0.05, 0.1) is 16.7 Å². The Morgan fingerprint density at radius 1 is 0.241 bits per heavy atom. The molecule has 6 aromatic carbocycles. The number of carbonyl (C=O) groups is 6. The Balaban J connectivity index is 1.56. The molecule has 2 unspecified atom stereocenters. The van der Waals surface area contributed by atoms with E-state index in [0.717, 1.165) is 265 Å². The summed E-state index contributed by atoms with van der Waals surface area (Å²) in [6, 6.07) is 38.4. The Morgan fingerprint density at radius 3 is 0.630 bits per heavy atom. The zero-order valence-electron chi connectivity index (χ0n) is 66.8. The molecule has 12 heteroatoms. The quantitative estimate of drug-likeness (QED) is 0.0142. The van der Waals surface area contributed by atoms with Crippen LogP contribution in [0.25, 0.3) is 0 Å². The van der Waals surface area contributed by atoms with Crippen molar-refractivity contribution in [3.05, 3.63) is 212 Å². The number of carbonyl (C=O) groups excluding carboxylic acids is 6. The summed E-state index contributed by atoms with van der Waals surface area (Å²) in [5, 5.41) is 41.1. The van der Waals surface area contributed by atoms with Crippen LogP contribution in [-0.4, -0.2) is 85.7 Å². The molecule has 6 aromatic rings. The number of unbranched alkanes of at least 4 members (excludes halogenated alkanes) is 30. The minimum Gasteiger partial charge on any atom is -0.439 e. The van der Waals surface area contributed by atoms with Crippen molar-refractivity contribution < 1.29 is 58.3 Å². The molecule has 1 saturated carbocycles. The van der Waals surface area contributed by atoms with Gasteiger partial charge in [0.2, 0.25) is 17.3 Å². The van der Waals surface area contributed by atoms with Gasteiger partial charge < -0.3 is 29.5 Å². The number of ether oxygens (including phenoxy) is 3. The molecular formula is C96H132O12. The molecule has 0 saturated heterocycles. The topological polar surface area (TPSA) is 191 Å². The smallest absolute Gasteiger partial charge is 0.339 e. The van der Waals surface area contributed by atoms with E-state index in [1.165, 1.54) is 72.8 Å². The standard InChI is InChI=1S/C96H132O12/c1-7-13-19-25-31-37-43-73-49-61-79(62-50-73)86(98)94(106-91(103)82-67-55-76(56-68-82)46-40-34-28-22-16-10-4)89(101)85(97)90(102)95(87(99)80-63-51-74(52-64-80)44-38-32-26-20-14-8-2,107-92(104)83-69-57-77(58-70-83)47-41-35-29-23-17-11-5)96(94,88(100)81-65-53-75(54-66-81)45-39-33-27-21-15-9-3)108-93(105)84-71-59-78(60-72-84)48-42-36-30-24-18-12-6/h49-72,85,89-90,97,101-102H,7-48H2,1-6H3/t85?,89-,90+,94+,95-,96?. The van der Waals surface area contributed by atoms with E-state index in [-0.39, 0.29) is 33.4 Å². The highest BCUT2D eigenvalue weighted by atomic mass is 16.7. The number of hydrogen-bond donors (Lipinski definition) is 3. The van der Waals surface area contributed by atoms with Crippen LogP contribution in [0.1, 0.15) is 368 Å². The molecule has 3 N–H and O–H groups in total. The van der Waals surface area contributed by atoms with Crippen molar-refractivity contribution in [1.82, 2.24) is 0 Å². The molecule has 0 aromatic heterocycles. The molecule has 0 aliphatic heterocycles. The zero-order chi connectivity index (χ0) is 77.4. The summed E-state index contributed by atoms with van der Waals surface area (Å²) >= 11 is 0. The van der Waals surface area contributed by atoms with Crippen molar-refractivity contribution in [3.63, 3.8) is 0 Å². The third-order valence-corrected chi connectivity index (χ3v) is 22.4. The molecular weight excluding hydrogens is 1350 g/mol. The van der Waals surface area contributed by atoms with Crippen molar-refractivity contribution >= 4 is 35.3 Å². The van der Waals surface area contributed by atoms with E-state index in [2.05, 4.69) is 41.5 Å². The van der Waals surface area contributed by atoms with Crippen LogP contribution in [0.15, 0.2) is 146 Å². The molecule has 7 rings (SSSR count). The van der Waals surface area contributed by atoms with Gasteiger partial charge >= 0.3 is 17.9 Å².